The standard InChI is InChI=1S/C19H18ClN3O4/c1-23(10-11-26-14-8-6-13(20)7-9-14)17(24)12-27-19(25)18-15-4-2-3-5-16(15)21-22-18/h2-9H,10-12H2,1H3,(H,21,22). The molecule has 0 fully saturated rings. The lowest BCUT2D eigenvalue weighted by atomic mass is 10.2. The highest BCUT2D eigenvalue weighted by Crippen LogP contribution is 2.16. The molecule has 1 aromatic heterocycles. The minimum Gasteiger partial charge on any atom is -0.492 e. The number of rotatable bonds is 7. The van der Waals surface area contributed by atoms with Gasteiger partial charge in [0.1, 0.15) is 12.4 Å². The summed E-state index contributed by atoms with van der Waals surface area (Å²) in [7, 11) is 1.62. The third-order valence-electron chi connectivity index (χ3n) is 3.93. The molecule has 0 unspecified atom stereocenters. The van der Waals surface area contributed by atoms with Crippen molar-refractivity contribution in [2.45, 2.75) is 0 Å². The summed E-state index contributed by atoms with van der Waals surface area (Å²) in [5.74, 6) is -0.313. The highest BCUT2D eigenvalue weighted by Gasteiger charge is 2.18. The highest BCUT2D eigenvalue weighted by atomic mass is 35.5. The first-order valence-electron chi connectivity index (χ1n) is 8.27. The normalized spacial score (nSPS) is 10.6. The maximum atomic E-state index is 12.2. The van der Waals surface area contributed by atoms with Crippen molar-refractivity contribution in [3.63, 3.8) is 0 Å². The average molecular weight is 388 g/mol. The molecule has 0 aliphatic carbocycles. The zero-order valence-corrected chi connectivity index (χ0v) is 15.4. The summed E-state index contributed by atoms with van der Waals surface area (Å²) in [6.07, 6.45) is 0. The first-order valence-corrected chi connectivity index (χ1v) is 8.65. The van der Waals surface area contributed by atoms with Crippen molar-refractivity contribution in [2.75, 3.05) is 26.8 Å². The van der Waals surface area contributed by atoms with Crippen molar-refractivity contribution in [1.82, 2.24) is 15.1 Å². The van der Waals surface area contributed by atoms with Crippen LogP contribution in [0.1, 0.15) is 10.5 Å². The smallest absolute Gasteiger partial charge is 0.359 e. The maximum absolute atomic E-state index is 12.2. The number of halogens is 1. The zero-order chi connectivity index (χ0) is 19.2. The van der Waals surface area contributed by atoms with E-state index < -0.39 is 5.97 Å². The summed E-state index contributed by atoms with van der Waals surface area (Å²) >= 11 is 5.81. The van der Waals surface area contributed by atoms with Gasteiger partial charge >= 0.3 is 5.97 Å². The Bertz CT molecular complexity index is 940. The molecule has 7 nitrogen and oxygen atoms in total. The number of hydrogen-bond donors (Lipinski definition) is 1. The molecule has 1 amide bonds. The Morgan fingerprint density at radius 1 is 1.15 bits per heavy atom. The molecule has 3 aromatic rings. The molecule has 0 aliphatic heterocycles. The molecule has 3 rings (SSSR count). The Morgan fingerprint density at radius 3 is 2.67 bits per heavy atom. The van der Waals surface area contributed by atoms with E-state index in [0.29, 0.717) is 29.3 Å². The van der Waals surface area contributed by atoms with Crippen LogP contribution < -0.4 is 4.74 Å². The fourth-order valence-electron chi connectivity index (χ4n) is 2.38. The van der Waals surface area contributed by atoms with E-state index in [1.165, 1.54) is 4.90 Å². The van der Waals surface area contributed by atoms with Crippen molar-refractivity contribution in [3.8, 4) is 5.75 Å². The molecule has 0 bridgehead atoms. The van der Waals surface area contributed by atoms with Gasteiger partial charge in [0.25, 0.3) is 5.91 Å². The molecule has 27 heavy (non-hydrogen) atoms. The van der Waals surface area contributed by atoms with Crippen molar-refractivity contribution in [1.29, 1.82) is 0 Å². The van der Waals surface area contributed by atoms with Gasteiger partial charge in [-0.15, -0.1) is 0 Å². The van der Waals surface area contributed by atoms with Gasteiger partial charge in [0.2, 0.25) is 0 Å². The number of para-hydroxylation sites is 1. The average Bonchev–Trinajstić information content (AvgIpc) is 3.11. The first-order chi connectivity index (χ1) is 13.0. The third kappa shape index (κ3) is 4.77. The number of amides is 1. The summed E-state index contributed by atoms with van der Waals surface area (Å²) in [6, 6.07) is 14.2. The van der Waals surface area contributed by atoms with Crippen LogP contribution in [0, 0.1) is 0 Å². The number of aromatic nitrogens is 2. The second kappa shape index (κ2) is 8.55. The number of carbonyl (C=O) groups is 2. The topological polar surface area (TPSA) is 84.5 Å². The molecule has 0 aliphatic rings. The van der Waals surface area contributed by atoms with Gasteiger partial charge < -0.3 is 14.4 Å². The molecule has 140 valence electrons. The van der Waals surface area contributed by atoms with Crippen LogP contribution in [-0.2, 0) is 9.53 Å². The van der Waals surface area contributed by atoms with Crippen LogP contribution in [0.3, 0.4) is 0 Å². The number of esters is 1. The maximum Gasteiger partial charge on any atom is 0.359 e. The lowest BCUT2D eigenvalue weighted by molar-refractivity contribution is -0.133. The van der Waals surface area contributed by atoms with E-state index >= 15 is 0 Å². The predicted molar refractivity (Wildman–Crippen MR) is 101 cm³/mol. The SMILES string of the molecule is CN(CCOc1ccc(Cl)cc1)C(=O)COC(=O)c1n[nH]c2ccccc12. The van der Waals surface area contributed by atoms with Gasteiger partial charge in [-0.1, -0.05) is 29.8 Å². The molecule has 0 radical (unpaired) electrons. The van der Waals surface area contributed by atoms with E-state index in [9.17, 15) is 9.59 Å². The first kappa shape index (κ1) is 18.7. The molecule has 0 atom stereocenters. The van der Waals surface area contributed by atoms with Crippen molar-refractivity contribution in [2.24, 2.45) is 0 Å². The number of likely N-dealkylation sites (N-methyl/N-ethyl adjacent to an activating group) is 1. The number of hydrogen-bond acceptors (Lipinski definition) is 5. The molecule has 1 N–H and O–H groups in total. The number of nitrogens with zero attached hydrogens (tertiary/aromatic N) is 2. The second-order valence-corrected chi connectivity index (χ2v) is 6.25. The number of fused-ring (bicyclic) bond motifs is 1. The Labute approximate surface area is 160 Å². The van der Waals surface area contributed by atoms with Gasteiger partial charge in [-0.2, -0.15) is 5.10 Å². The Balaban J connectivity index is 1.45. The quantitative estimate of drug-likeness (QED) is 0.630. The molecule has 0 saturated heterocycles. The molecular formula is C19H18ClN3O4. The minimum atomic E-state index is -0.647. The molecular weight excluding hydrogens is 370 g/mol. The largest absolute Gasteiger partial charge is 0.492 e. The zero-order valence-electron chi connectivity index (χ0n) is 14.6. The van der Waals surface area contributed by atoms with Gasteiger partial charge in [-0.3, -0.25) is 9.89 Å². The van der Waals surface area contributed by atoms with Crippen LogP contribution in [0.15, 0.2) is 48.5 Å². The van der Waals surface area contributed by atoms with Crippen LogP contribution in [0.4, 0.5) is 0 Å². The summed E-state index contributed by atoms with van der Waals surface area (Å²) in [6.45, 7) is 0.295. The van der Waals surface area contributed by atoms with Gasteiger partial charge in [-0.25, -0.2) is 4.79 Å². The van der Waals surface area contributed by atoms with Crippen LogP contribution >= 0.6 is 11.6 Å². The second-order valence-electron chi connectivity index (χ2n) is 5.81. The summed E-state index contributed by atoms with van der Waals surface area (Å²) in [5, 5.41) is 7.99. The molecule has 0 saturated carbocycles. The van der Waals surface area contributed by atoms with Crippen LogP contribution in [0.5, 0.6) is 5.75 Å². The van der Waals surface area contributed by atoms with Crippen molar-refractivity contribution >= 4 is 34.4 Å². The van der Waals surface area contributed by atoms with E-state index in [2.05, 4.69) is 10.2 Å². The minimum absolute atomic E-state index is 0.159. The van der Waals surface area contributed by atoms with Crippen LogP contribution in [-0.4, -0.2) is 53.8 Å². The van der Waals surface area contributed by atoms with Crippen molar-refractivity contribution < 1.29 is 19.1 Å². The van der Waals surface area contributed by atoms with E-state index in [-0.39, 0.29) is 18.2 Å². The fourth-order valence-corrected chi connectivity index (χ4v) is 2.51. The lowest BCUT2D eigenvalue weighted by Crippen LogP contribution is -2.34. The van der Waals surface area contributed by atoms with Gasteiger partial charge in [0.15, 0.2) is 12.3 Å². The molecule has 0 spiro atoms. The monoisotopic (exact) mass is 387 g/mol. The third-order valence-corrected chi connectivity index (χ3v) is 4.18. The Morgan fingerprint density at radius 2 is 1.89 bits per heavy atom. The van der Waals surface area contributed by atoms with E-state index in [1.807, 2.05) is 6.07 Å². The van der Waals surface area contributed by atoms with Gasteiger partial charge in [-0.05, 0) is 30.3 Å². The van der Waals surface area contributed by atoms with E-state index in [0.717, 1.165) is 5.52 Å². The number of carbonyl (C=O) groups excluding carboxylic acids is 2. The number of ether oxygens (including phenoxy) is 2. The number of H-pyrrole nitrogens is 1. The van der Waals surface area contributed by atoms with Gasteiger partial charge in [0.05, 0.1) is 12.1 Å². The molecule has 8 heteroatoms. The summed E-state index contributed by atoms with van der Waals surface area (Å²) in [5.41, 5.74) is 0.888. The molecule has 1 heterocycles. The van der Waals surface area contributed by atoms with E-state index in [4.69, 9.17) is 21.1 Å². The number of aromatic amines is 1. The number of benzene rings is 2. The van der Waals surface area contributed by atoms with Crippen LogP contribution in [0.2, 0.25) is 5.02 Å². The lowest BCUT2D eigenvalue weighted by Gasteiger charge is -2.17. The predicted octanol–water partition coefficient (Wildman–Crippen LogP) is 2.91. The van der Waals surface area contributed by atoms with Crippen LogP contribution in [0.25, 0.3) is 10.9 Å². The Hall–Kier alpha value is -3.06. The molecule has 2 aromatic carbocycles. The van der Waals surface area contributed by atoms with Crippen molar-refractivity contribution in [3.05, 3.63) is 59.2 Å². The van der Waals surface area contributed by atoms with E-state index in [1.54, 1.807) is 49.5 Å². The number of nitrogens with one attached hydrogen (secondary N) is 1. The highest BCUT2D eigenvalue weighted by molar-refractivity contribution is 6.30. The summed E-state index contributed by atoms with van der Waals surface area (Å²) in [4.78, 5) is 25.7. The Kier molecular flexibility index (Phi) is 5.93. The summed E-state index contributed by atoms with van der Waals surface area (Å²) < 4.78 is 10.6. The van der Waals surface area contributed by atoms with Gasteiger partial charge in [0, 0.05) is 17.5 Å². The fraction of sp³-hybridized carbons (Fsp3) is 0.211.